The minimum Gasteiger partial charge on any atom is -0.339 e. The molecule has 0 N–H and O–H groups in total. The second-order valence-electron chi connectivity index (χ2n) is 5.74. The Bertz CT molecular complexity index is 737. The third kappa shape index (κ3) is 3.76. The molecule has 1 aromatic carbocycles. The summed E-state index contributed by atoms with van der Waals surface area (Å²) in [5.41, 5.74) is 3.41. The Morgan fingerprint density at radius 2 is 1.75 bits per heavy atom. The Morgan fingerprint density at radius 3 is 2.33 bits per heavy atom. The van der Waals surface area contributed by atoms with Crippen molar-refractivity contribution in [2.45, 2.75) is 13.3 Å². The highest BCUT2D eigenvalue weighted by Gasteiger charge is 2.26. The lowest BCUT2D eigenvalue weighted by Gasteiger charge is -2.34. The second kappa shape index (κ2) is 7.32. The molecule has 0 aliphatic carbocycles. The lowest BCUT2D eigenvalue weighted by molar-refractivity contribution is -0.131. The van der Waals surface area contributed by atoms with Crippen molar-refractivity contribution >= 4 is 34.8 Å². The van der Waals surface area contributed by atoms with Crippen molar-refractivity contribution in [1.29, 1.82) is 0 Å². The summed E-state index contributed by atoms with van der Waals surface area (Å²) in [5.74, 6) is 0.0955. The average Bonchev–Trinajstić information content (AvgIpc) is 3.02. The molecule has 2 aromatic rings. The van der Waals surface area contributed by atoms with Crippen LogP contribution in [0.1, 0.15) is 20.9 Å². The Hall–Kier alpha value is -1.92. The minimum absolute atomic E-state index is 0.0137. The standard InChI is InChI=1S/C17H18ClN3O2S/c1-12-16(24-11-19-12)17(23)21-8-6-20(7-9-21)15(22)10-13-2-4-14(18)5-3-13/h2-5,11H,6-10H2,1H3. The van der Waals surface area contributed by atoms with E-state index in [1.54, 1.807) is 22.5 Å². The highest BCUT2D eigenvalue weighted by Crippen LogP contribution is 2.17. The number of hydrogen-bond acceptors (Lipinski definition) is 4. The van der Waals surface area contributed by atoms with Gasteiger partial charge in [-0.2, -0.15) is 0 Å². The van der Waals surface area contributed by atoms with Gasteiger partial charge in [0.05, 0.1) is 17.6 Å². The first-order chi connectivity index (χ1) is 11.5. The van der Waals surface area contributed by atoms with Gasteiger partial charge in [-0.15, -0.1) is 11.3 Å². The van der Waals surface area contributed by atoms with Crippen LogP contribution in [-0.4, -0.2) is 52.8 Å². The third-order valence-electron chi connectivity index (χ3n) is 4.13. The van der Waals surface area contributed by atoms with Gasteiger partial charge >= 0.3 is 0 Å². The molecule has 1 aliphatic heterocycles. The Balaban J connectivity index is 1.55. The van der Waals surface area contributed by atoms with Gasteiger partial charge in [0.2, 0.25) is 5.91 Å². The number of thiazole rings is 1. The van der Waals surface area contributed by atoms with Gasteiger partial charge in [0.15, 0.2) is 0 Å². The number of piperazine rings is 1. The molecule has 24 heavy (non-hydrogen) atoms. The zero-order valence-corrected chi connectivity index (χ0v) is 14.9. The summed E-state index contributed by atoms with van der Waals surface area (Å²) < 4.78 is 0. The Labute approximate surface area is 149 Å². The topological polar surface area (TPSA) is 53.5 Å². The number of hydrogen-bond donors (Lipinski definition) is 0. The van der Waals surface area contributed by atoms with Gasteiger partial charge in [-0.3, -0.25) is 9.59 Å². The zero-order valence-electron chi connectivity index (χ0n) is 13.4. The summed E-state index contributed by atoms with van der Waals surface area (Å²) in [7, 11) is 0. The van der Waals surface area contributed by atoms with E-state index in [0.29, 0.717) is 42.5 Å². The van der Waals surface area contributed by atoms with Crippen LogP contribution in [0.15, 0.2) is 29.8 Å². The van der Waals surface area contributed by atoms with E-state index in [0.717, 1.165) is 11.3 Å². The molecule has 2 amide bonds. The normalized spacial score (nSPS) is 14.8. The van der Waals surface area contributed by atoms with E-state index in [1.165, 1.54) is 11.3 Å². The molecule has 5 nitrogen and oxygen atoms in total. The number of carbonyl (C=O) groups is 2. The molecule has 1 saturated heterocycles. The van der Waals surface area contributed by atoms with Crippen molar-refractivity contribution in [2.24, 2.45) is 0 Å². The van der Waals surface area contributed by atoms with Crippen molar-refractivity contribution in [2.75, 3.05) is 26.2 Å². The summed E-state index contributed by atoms with van der Waals surface area (Å²) in [6, 6.07) is 7.31. The molecule has 0 radical (unpaired) electrons. The van der Waals surface area contributed by atoms with Crippen LogP contribution in [0.2, 0.25) is 5.02 Å². The van der Waals surface area contributed by atoms with Crippen molar-refractivity contribution in [3.05, 3.63) is 50.9 Å². The smallest absolute Gasteiger partial charge is 0.265 e. The quantitative estimate of drug-likeness (QED) is 0.842. The first-order valence-electron chi connectivity index (χ1n) is 7.76. The lowest BCUT2D eigenvalue weighted by Crippen LogP contribution is -2.51. The van der Waals surface area contributed by atoms with Gasteiger partial charge < -0.3 is 9.80 Å². The molecule has 1 fully saturated rings. The molecular weight excluding hydrogens is 346 g/mol. The van der Waals surface area contributed by atoms with Crippen LogP contribution in [0.3, 0.4) is 0 Å². The number of rotatable bonds is 3. The van der Waals surface area contributed by atoms with E-state index >= 15 is 0 Å². The van der Waals surface area contributed by atoms with Crippen LogP contribution in [0.25, 0.3) is 0 Å². The number of benzene rings is 1. The Morgan fingerprint density at radius 1 is 1.12 bits per heavy atom. The summed E-state index contributed by atoms with van der Waals surface area (Å²) in [6.45, 7) is 4.09. The fourth-order valence-electron chi connectivity index (χ4n) is 2.70. The highest BCUT2D eigenvalue weighted by atomic mass is 35.5. The number of aryl methyl sites for hydroxylation is 1. The first kappa shape index (κ1) is 16.9. The van der Waals surface area contributed by atoms with E-state index in [1.807, 2.05) is 24.0 Å². The van der Waals surface area contributed by atoms with Gasteiger partial charge in [-0.1, -0.05) is 23.7 Å². The largest absolute Gasteiger partial charge is 0.339 e. The first-order valence-corrected chi connectivity index (χ1v) is 9.02. The number of nitrogens with zero attached hydrogens (tertiary/aromatic N) is 3. The third-order valence-corrected chi connectivity index (χ3v) is 5.30. The maximum Gasteiger partial charge on any atom is 0.265 e. The van der Waals surface area contributed by atoms with Gasteiger partial charge in [0.1, 0.15) is 4.88 Å². The molecular formula is C17H18ClN3O2S. The van der Waals surface area contributed by atoms with Crippen LogP contribution >= 0.6 is 22.9 Å². The maximum absolute atomic E-state index is 12.5. The van der Waals surface area contributed by atoms with E-state index < -0.39 is 0 Å². The van der Waals surface area contributed by atoms with Gasteiger partial charge in [-0.25, -0.2) is 4.98 Å². The highest BCUT2D eigenvalue weighted by molar-refractivity contribution is 7.11. The van der Waals surface area contributed by atoms with E-state index in [9.17, 15) is 9.59 Å². The molecule has 0 unspecified atom stereocenters. The van der Waals surface area contributed by atoms with Gasteiger partial charge in [0.25, 0.3) is 5.91 Å². The van der Waals surface area contributed by atoms with Crippen LogP contribution in [0.5, 0.6) is 0 Å². The van der Waals surface area contributed by atoms with E-state index in [2.05, 4.69) is 4.98 Å². The summed E-state index contributed by atoms with van der Waals surface area (Å²) in [5, 5.41) is 0.664. The van der Waals surface area contributed by atoms with Crippen LogP contribution in [0.4, 0.5) is 0 Å². The van der Waals surface area contributed by atoms with Crippen LogP contribution in [-0.2, 0) is 11.2 Å². The SMILES string of the molecule is Cc1ncsc1C(=O)N1CCN(C(=O)Cc2ccc(Cl)cc2)CC1. The second-order valence-corrected chi connectivity index (χ2v) is 7.03. The number of aromatic nitrogens is 1. The summed E-state index contributed by atoms with van der Waals surface area (Å²) in [4.78, 5) is 33.3. The van der Waals surface area contributed by atoms with Crippen LogP contribution in [0, 0.1) is 6.92 Å². The summed E-state index contributed by atoms with van der Waals surface area (Å²) in [6.07, 6.45) is 0.360. The Kier molecular flexibility index (Phi) is 5.16. The van der Waals surface area contributed by atoms with Gasteiger partial charge in [-0.05, 0) is 24.6 Å². The molecule has 7 heteroatoms. The fraction of sp³-hybridized carbons (Fsp3) is 0.353. The lowest BCUT2D eigenvalue weighted by atomic mass is 10.1. The molecule has 3 rings (SSSR count). The summed E-state index contributed by atoms with van der Waals surface area (Å²) >= 11 is 7.23. The van der Waals surface area contributed by atoms with Crippen molar-refractivity contribution in [3.63, 3.8) is 0 Å². The molecule has 2 heterocycles. The molecule has 126 valence electrons. The number of amides is 2. The van der Waals surface area contributed by atoms with Gasteiger partial charge in [0, 0.05) is 31.2 Å². The molecule has 0 bridgehead atoms. The van der Waals surface area contributed by atoms with Crippen molar-refractivity contribution < 1.29 is 9.59 Å². The fourth-order valence-corrected chi connectivity index (χ4v) is 3.59. The van der Waals surface area contributed by atoms with E-state index in [-0.39, 0.29) is 11.8 Å². The van der Waals surface area contributed by atoms with E-state index in [4.69, 9.17) is 11.6 Å². The van der Waals surface area contributed by atoms with Crippen LogP contribution < -0.4 is 0 Å². The number of halogens is 1. The molecule has 0 atom stereocenters. The molecule has 1 aromatic heterocycles. The predicted molar refractivity (Wildman–Crippen MR) is 94.5 cm³/mol. The minimum atomic E-state index is 0.0137. The molecule has 0 spiro atoms. The monoisotopic (exact) mass is 363 g/mol. The van der Waals surface area contributed by atoms with Crippen molar-refractivity contribution in [1.82, 2.24) is 14.8 Å². The number of carbonyl (C=O) groups excluding carboxylic acids is 2. The predicted octanol–water partition coefficient (Wildman–Crippen LogP) is 2.63. The maximum atomic E-state index is 12.5. The molecule has 1 aliphatic rings. The molecule has 0 saturated carbocycles. The zero-order chi connectivity index (χ0) is 17.1. The van der Waals surface area contributed by atoms with Crippen molar-refractivity contribution in [3.8, 4) is 0 Å². The average molecular weight is 364 g/mol.